The highest BCUT2D eigenvalue weighted by molar-refractivity contribution is 6.34. The van der Waals surface area contributed by atoms with Crippen LogP contribution in [0.5, 0.6) is 5.75 Å². The number of rotatable bonds is 4. The maximum Gasteiger partial charge on any atom is 0.338 e. The molecule has 0 amide bonds. The average Bonchev–Trinajstić information content (AvgIpc) is 2.47. The molecule has 0 heterocycles. The minimum atomic E-state index is -0.500. The minimum Gasteiger partial charge on any atom is -0.423 e. The second kappa shape index (κ2) is 6.37. The maximum atomic E-state index is 12.3. The van der Waals surface area contributed by atoms with Crippen molar-refractivity contribution in [1.29, 1.82) is 0 Å². The maximum absolute atomic E-state index is 12.3. The van der Waals surface area contributed by atoms with Crippen molar-refractivity contribution in [3.63, 3.8) is 0 Å². The van der Waals surface area contributed by atoms with E-state index in [9.17, 15) is 9.59 Å². The van der Waals surface area contributed by atoms with Crippen molar-refractivity contribution in [2.75, 3.05) is 0 Å². The molecule has 0 N–H and O–H groups in total. The summed E-state index contributed by atoms with van der Waals surface area (Å²) in [7, 11) is 0. The van der Waals surface area contributed by atoms with Crippen LogP contribution in [0.2, 0.25) is 5.02 Å². The fourth-order valence-corrected chi connectivity index (χ4v) is 1.89. The Hall–Kier alpha value is -2.39. The summed E-state index contributed by atoms with van der Waals surface area (Å²) < 4.78 is 5.06. The second-order valence-electron chi connectivity index (χ2n) is 4.50. The van der Waals surface area contributed by atoms with Crippen molar-refractivity contribution >= 4 is 23.4 Å². The van der Waals surface area contributed by atoms with Crippen LogP contribution < -0.4 is 4.74 Å². The SMILES string of the molecule is C=C(C)C(=O)Oc1ccc(C(=O)c2ccccc2Cl)cc1. The van der Waals surface area contributed by atoms with Gasteiger partial charge in [0.1, 0.15) is 5.75 Å². The molecule has 0 aliphatic rings. The average molecular weight is 301 g/mol. The molecule has 0 fully saturated rings. The minimum absolute atomic E-state index is 0.182. The number of carbonyl (C=O) groups excluding carboxylic acids is 2. The lowest BCUT2D eigenvalue weighted by atomic mass is 10.0. The van der Waals surface area contributed by atoms with Crippen molar-refractivity contribution in [2.45, 2.75) is 6.92 Å². The van der Waals surface area contributed by atoms with Crippen LogP contribution in [0.3, 0.4) is 0 Å². The van der Waals surface area contributed by atoms with Crippen LogP contribution >= 0.6 is 11.6 Å². The van der Waals surface area contributed by atoms with E-state index in [1.54, 1.807) is 55.5 Å². The lowest BCUT2D eigenvalue weighted by Crippen LogP contribution is -2.08. The summed E-state index contributed by atoms with van der Waals surface area (Å²) in [6, 6.07) is 13.1. The van der Waals surface area contributed by atoms with Crippen LogP contribution in [0.25, 0.3) is 0 Å². The van der Waals surface area contributed by atoms with E-state index >= 15 is 0 Å². The van der Waals surface area contributed by atoms with Crippen LogP contribution in [0.4, 0.5) is 0 Å². The van der Waals surface area contributed by atoms with Gasteiger partial charge in [0.15, 0.2) is 5.78 Å². The van der Waals surface area contributed by atoms with Gasteiger partial charge in [-0.1, -0.05) is 30.3 Å². The van der Waals surface area contributed by atoms with Gasteiger partial charge < -0.3 is 4.74 Å². The largest absolute Gasteiger partial charge is 0.423 e. The summed E-state index contributed by atoms with van der Waals surface area (Å²) in [6.07, 6.45) is 0. The number of carbonyl (C=O) groups is 2. The second-order valence-corrected chi connectivity index (χ2v) is 4.91. The predicted molar refractivity (Wildman–Crippen MR) is 81.8 cm³/mol. The summed E-state index contributed by atoms with van der Waals surface area (Å²) in [5.41, 5.74) is 1.22. The first-order chi connectivity index (χ1) is 9.99. The summed E-state index contributed by atoms with van der Waals surface area (Å²) in [4.78, 5) is 23.7. The standard InChI is InChI=1S/C17H13ClO3/c1-11(2)17(20)21-13-9-7-12(8-10-13)16(19)14-5-3-4-6-15(14)18/h3-10H,1H2,2H3. The predicted octanol–water partition coefficient (Wildman–Crippen LogP) is 4.05. The highest BCUT2D eigenvalue weighted by Gasteiger charge is 2.13. The Bertz CT molecular complexity index is 702. The highest BCUT2D eigenvalue weighted by Crippen LogP contribution is 2.21. The van der Waals surface area contributed by atoms with Crippen molar-refractivity contribution < 1.29 is 14.3 Å². The molecule has 0 saturated heterocycles. The van der Waals surface area contributed by atoms with Crippen LogP contribution in [0, 0.1) is 0 Å². The van der Waals surface area contributed by atoms with Gasteiger partial charge in [-0.05, 0) is 43.3 Å². The number of halogens is 1. The Balaban J connectivity index is 2.19. The van der Waals surface area contributed by atoms with E-state index in [1.165, 1.54) is 0 Å². The van der Waals surface area contributed by atoms with Crippen LogP contribution in [0.1, 0.15) is 22.8 Å². The molecule has 21 heavy (non-hydrogen) atoms. The third kappa shape index (κ3) is 3.58. The van der Waals surface area contributed by atoms with Gasteiger partial charge in [-0.2, -0.15) is 0 Å². The van der Waals surface area contributed by atoms with Gasteiger partial charge in [0.2, 0.25) is 0 Å². The molecule has 0 radical (unpaired) electrons. The molecule has 0 saturated carbocycles. The molecule has 106 valence electrons. The van der Waals surface area contributed by atoms with Gasteiger partial charge in [-0.25, -0.2) is 4.79 Å². The first kappa shape index (κ1) is 15.0. The fraction of sp³-hybridized carbons (Fsp3) is 0.0588. The van der Waals surface area contributed by atoms with Gasteiger partial charge in [-0.15, -0.1) is 0 Å². The summed E-state index contributed by atoms with van der Waals surface area (Å²) >= 11 is 6.00. The molecule has 0 unspecified atom stereocenters. The molecule has 2 rings (SSSR count). The van der Waals surface area contributed by atoms with Gasteiger partial charge in [0, 0.05) is 16.7 Å². The zero-order chi connectivity index (χ0) is 15.4. The molecule has 0 aliphatic heterocycles. The van der Waals surface area contributed by atoms with E-state index in [2.05, 4.69) is 6.58 Å². The molecule has 0 bridgehead atoms. The summed E-state index contributed by atoms with van der Waals surface area (Å²) in [5, 5.41) is 0.403. The van der Waals surface area contributed by atoms with Gasteiger partial charge >= 0.3 is 5.97 Å². The van der Waals surface area contributed by atoms with Crippen LogP contribution in [-0.4, -0.2) is 11.8 Å². The van der Waals surface area contributed by atoms with Crippen molar-refractivity contribution in [2.24, 2.45) is 0 Å². The smallest absolute Gasteiger partial charge is 0.338 e. The summed E-state index contributed by atoms with van der Waals surface area (Å²) in [6.45, 7) is 5.07. The number of hydrogen-bond donors (Lipinski definition) is 0. The monoisotopic (exact) mass is 300 g/mol. The van der Waals surface area contributed by atoms with E-state index in [1.807, 2.05) is 0 Å². The van der Waals surface area contributed by atoms with E-state index in [0.29, 0.717) is 27.5 Å². The van der Waals surface area contributed by atoms with E-state index in [-0.39, 0.29) is 5.78 Å². The topological polar surface area (TPSA) is 43.4 Å². The van der Waals surface area contributed by atoms with E-state index < -0.39 is 5.97 Å². The Morgan fingerprint density at radius 2 is 1.67 bits per heavy atom. The van der Waals surface area contributed by atoms with E-state index in [4.69, 9.17) is 16.3 Å². The van der Waals surface area contributed by atoms with Crippen molar-refractivity contribution in [1.82, 2.24) is 0 Å². The molecule has 0 atom stereocenters. The fourth-order valence-electron chi connectivity index (χ4n) is 1.67. The number of hydrogen-bond acceptors (Lipinski definition) is 3. The molecule has 0 spiro atoms. The first-order valence-corrected chi connectivity index (χ1v) is 6.64. The zero-order valence-electron chi connectivity index (χ0n) is 11.4. The third-order valence-corrected chi connectivity index (χ3v) is 3.12. The van der Waals surface area contributed by atoms with Gasteiger partial charge in [-0.3, -0.25) is 4.79 Å². The molecule has 2 aromatic rings. The Morgan fingerprint density at radius 3 is 2.24 bits per heavy atom. The normalized spacial score (nSPS) is 10.0. The third-order valence-electron chi connectivity index (χ3n) is 2.79. The Labute approximate surface area is 127 Å². The molecular weight excluding hydrogens is 288 g/mol. The number of ether oxygens (including phenoxy) is 1. The lowest BCUT2D eigenvalue weighted by molar-refractivity contribution is -0.130. The molecular formula is C17H13ClO3. The molecule has 2 aromatic carbocycles. The van der Waals surface area contributed by atoms with Gasteiger partial charge in [0.05, 0.1) is 5.02 Å². The van der Waals surface area contributed by atoms with E-state index in [0.717, 1.165) is 0 Å². The van der Waals surface area contributed by atoms with Crippen molar-refractivity contribution in [3.8, 4) is 5.75 Å². The van der Waals surface area contributed by atoms with Gasteiger partial charge in [0.25, 0.3) is 0 Å². The van der Waals surface area contributed by atoms with Crippen molar-refractivity contribution in [3.05, 3.63) is 76.8 Å². The first-order valence-electron chi connectivity index (χ1n) is 6.26. The lowest BCUT2D eigenvalue weighted by Gasteiger charge is -2.06. The zero-order valence-corrected chi connectivity index (χ0v) is 12.2. The highest BCUT2D eigenvalue weighted by atomic mass is 35.5. The molecule has 0 aromatic heterocycles. The molecule has 0 aliphatic carbocycles. The number of esters is 1. The molecule has 3 nitrogen and oxygen atoms in total. The Morgan fingerprint density at radius 1 is 1.05 bits per heavy atom. The Kier molecular flexibility index (Phi) is 4.55. The van der Waals surface area contributed by atoms with Crippen LogP contribution in [-0.2, 0) is 4.79 Å². The van der Waals surface area contributed by atoms with Crippen LogP contribution in [0.15, 0.2) is 60.7 Å². The quantitative estimate of drug-likeness (QED) is 0.370. The number of ketones is 1. The summed E-state index contributed by atoms with van der Waals surface area (Å²) in [5.74, 6) is -0.322. The number of benzene rings is 2. The molecule has 4 heteroatoms.